The van der Waals surface area contributed by atoms with Crippen molar-refractivity contribution in [2.24, 2.45) is 4.99 Å². The Morgan fingerprint density at radius 2 is 1.81 bits per heavy atom. The normalized spacial score (nSPS) is 12.0. The van der Waals surface area contributed by atoms with Crippen molar-refractivity contribution < 1.29 is 14.6 Å². The molecule has 0 fully saturated rings. The number of rotatable bonds is 11. The molecule has 0 aliphatic rings. The third-order valence-corrected chi connectivity index (χ3v) is 4.38. The summed E-state index contributed by atoms with van der Waals surface area (Å²) in [6.45, 7) is 7.35. The molecule has 0 bridgehead atoms. The van der Waals surface area contributed by atoms with Crippen LogP contribution >= 0.6 is 24.0 Å². The van der Waals surface area contributed by atoms with Crippen molar-refractivity contribution in [1.82, 2.24) is 16.0 Å². The van der Waals surface area contributed by atoms with Crippen LogP contribution in [0.1, 0.15) is 38.0 Å². The van der Waals surface area contributed by atoms with Crippen molar-refractivity contribution >= 4 is 35.8 Å². The number of carbonyl (C=O) groups excluding carboxylic acids is 1. The molecule has 1 atom stereocenters. The summed E-state index contributed by atoms with van der Waals surface area (Å²) in [4.78, 5) is 16.4. The molecule has 2 aromatic rings. The van der Waals surface area contributed by atoms with Gasteiger partial charge >= 0.3 is 0 Å². The van der Waals surface area contributed by atoms with Crippen LogP contribution in [-0.2, 0) is 11.2 Å². The van der Waals surface area contributed by atoms with E-state index >= 15 is 0 Å². The maximum Gasteiger partial charge on any atom is 0.241 e. The van der Waals surface area contributed by atoms with Crippen LogP contribution in [0.5, 0.6) is 5.75 Å². The van der Waals surface area contributed by atoms with Crippen molar-refractivity contribution in [2.45, 2.75) is 39.4 Å². The number of carbonyl (C=O) groups is 1. The monoisotopic (exact) mass is 554 g/mol. The molecule has 2 rings (SSSR count). The van der Waals surface area contributed by atoms with Crippen molar-refractivity contribution in [2.75, 3.05) is 26.2 Å². The third kappa shape index (κ3) is 10.8. The van der Waals surface area contributed by atoms with E-state index in [4.69, 9.17) is 4.74 Å². The molecule has 0 aromatic heterocycles. The number of benzene rings is 2. The first-order valence-electron chi connectivity index (χ1n) is 10.8. The van der Waals surface area contributed by atoms with Crippen LogP contribution in [-0.4, -0.2) is 49.3 Å². The highest BCUT2D eigenvalue weighted by molar-refractivity contribution is 14.0. The molecule has 32 heavy (non-hydrogen) atoms. The van der Waals surface area contributed by atoms with Gasteiger partial charge in [0.2, 0.25) is 5.91 Å². The zero-order valence-electron chi connectivity index (χ0n) is 19.0. The first-order valence-corrected chi connectivity index (χ1v) is 10.8. The molecule has 0 aliphatic carbocycles. The number of aliphatic hydroxyl groups is 1. The highest BCUT2D eigenvalue weighted by Gasteiger charge is 2.10. The van der Waals surface area contributed by atoms with Gasteiger partial charge in [0.1, 0.15) is 12.3 Å². The summed E-state index contributed by atoms with van der Waals surface area (Å²) in [6, 6.07) is 17.4. The molecule has 0 saturated heterocycles. The van der Waals surface area contributed by atoms with Gasteiger partial charge in [-0.15, -0.1) is 24.0 Å². The second kappa shape index (κ2) is 15.5. The lowest BCUT2D eigenvalue weighted by atomic mass is 10.1. The summed E-state index contributed by atoms with van der Waals surface area (Å²) in [5.74, 6) is 1.06. The minimum atomic E-state index is -0.737. The Bertz CT molecular complexity index is 831. The molecular formula is C24H35IN4O3. The summed E-state index contributed by atoms with van der Waals surface area (Å²) in [6.07, 6.45) is 0.108. The van der Waals surface area contributed by atoms with E-state index < -0.39 is 6.10 Å². The highest BCUT2D eigenvalue weighted by Crippen LogP contribution is 2.19. The second-order valence-corrected chi connectivity index (χ2v) is 7.42. The van der Waals surface area contributed by atoms with E-state index in [2.05, 4.69) is 20.9 Å². The molecule has 1 amide bonds. The van der Waals surface area contributed by atoms with Gasteiger partial charge < -0.3 is 25.8 Å². The third-order valence-electron chi connectivity index (χ3n) is 4.38. The maximum absolute atomic E-state index is 12.1. The molecule has 0 aliphatic heterocycles. The van der Waals surface area contributed by atoms with Gasteiger partial charge in [-0.1, -0.05) is 42.5 Å². The summed E-state index contributed by atoms with van der Waals surface area (Å²) >= 11 is 0. The largest absolute Gasteiger partial charge is 0.491 e. The van der Waals surface area contributed by atoms with E-state index in [1.807, 2.05) is 75.4 Å². The number of hydrogen-bond donors (Lipinski definition) is 4. The first-order chi connectivity index (χ1) is 15.0. The Kier molecular flexibility index (Phi) is 13.4. The van der Waals surface area contributed by atoms with Crippen molar-refractivity contribution in [3.63, 3.8) is 0 Å². The van der Waals surface area contributed by atoms with Crippen molar-refractivity contribution in [3.05, 3.63) is 65.7 Å². The van der Waals surface area contributed by atoms with E-state index in [-0.39, 0.29) is 49.1 Å². The summed E-state index contributed by atoms with van der Waals surface area (Å²) in [5, 5.41) is 19.6. The zero-order chi connectivity index (χ0) is 22.5. The minimum absolute atomic E-state index is 0. The number of hydrogen-bond acceptors (Lipinski definition) is 4. The van der Waals surface area contributed by atoms with E-state index in [0.29, 0.717) is 19.0 Å². The summed E-state index contributed by atoms with van der Waals surface area (Å²) in [7, 11) is 0. The average molecular weight is 554 g/mol. The fourth-order valence-corrected chi connectivity index (χ4v) is 2.92. The lowest BCUT2D eigenvalue weighted by Gasteiger charge is -2.17. The van der Waals surface area contributed by atoms with Crippen molar-refractivity contribution in [1.29, 1.82) is 0 Å². The second-order valence-electron chi connectivity index (χ2n) is 7.42. The predicted octanol–water partition coefficient (Wildman–Crippen LogP) is 3.04. The van der Waals surface area contributed by atoms with Crippen LogP contribution in [0.15, 0.2) is 59.6 Å². The number of nitrogens with zero attached hydrogens (tertiary/aromatic N) is 1. The van der Waals surface area contributed by atoms with Crippen LogP contribution in [0.2, 0.25) is 0 Å². The molecule has 1 unspecified atom stereocenters. The summed E-state index contributed by atoms with van der Waals surface area (Å²) in [5.41, 5.74) is 1.93. The lowest BCUT2D eigenvalue weighted by molar-refractivity contribution is -0.119. The Morgan fingerprint density at radius 3 is 2.50 bits per heavy atom. The van der Waals surface area contributed by atoms with Gasteiger partial charge in [-0.05, 0) is 50.5 Å². The molecule has 0 radical (unpaired) electrons. The van der Waals surface area contributed by atoms with Gasteiger partial charge in [0.05, 0.1) is 12.2 Å². The van der Waals surface area contributed by atoms with Crippen LogP contribution in [0.25, 0.3) is 0 Å². The number of aliphatic imine (C=N–C) groups is 1. The van der Waals surface area contributed by atoms with Gasteiger partial charge in [0, 0.05) is 19.6 Å². The van der Waals surface area contributed by atoms with E-state index in [9.17, 15) is 9.90 Å². The fourth-order valence-electron chi connectivity index (χ4n) is 2.92. The number of ether oxygens (including phenoxy) is 1. The smallest absolute Gasteiger partial charge is 0.241 e. The van der Waals surface area contributed by atoms with Gasteiger partial charge in [-0.25, -0.2) is 4.99 Å². The Morgan fingerprint density at radius 1 is 1.06 bits per heavy atom. The van der Waals surface area contributed by atoms with Crippen LogP contribution in [0, 0.1) is 0 Å². The molecule has 0 heterocycles. The fraction of sp³-hybridized carbons (Fsp3) is 0.417. The molecule has 4 N–H and O–H groups in total. The Hall–Kier alpha value is -2.33. The summed E-state index contributed by atoms with van der Waals surface area (Å²) < 4.78 is 5.68. The first kappa shape index (κ1) is 27.7. The maximum atomic E-state index is 12.1. The van der Waals surface area contributed by atoms with E-state index in [1.54, 1.807) is 0 Å². The molecule has 7 nitrogen and oxygen atoms in total. The van der Waals surface area contributed by atoms with E-state index in [0.717, 1.165) is 17.7 Å². The van der Waals surface area contributed by atoms with Gasteiger partial charge in [-0.2, -0.15) is 0 Å². The predicted molar refractivity (Wildman–Crippen MR) is 140 cm³/mol. The lowest BCUT2D eigenvalue weighted by Crippen LogP contribution is -2.40. The minimum Gasteiger partial charge on any atom is -0.491 e. The van der Waals surface area contributed by atoms with Gasteiger partial charge in [0.25, 0.3) is 0 Å². The molecule has 8 heteroatoms. The van der Waals surface area contributed by atoms with Crippen LogP contribution in [0.3, 0.4) is 0 Å². The number of amides is 1. The van der Waals surface area contributed by atoms with Gasteiger partial charge in [0.15, 0.2) is 5.96 Å². The topological polar surface area (TPSA) is 95.0 Å². The average Bonchev–Trinajstić information content (AvgIpc) is 2.76. The zero-order valence-corrected chi connectivity index (χ0v) is 21.3. The molecule has 2 aromatic carbocycles. The number of aliphatic hydroxyl groups excluding tert-OH is 1. The Labute approximate surface area is 208 Å². The van der Waals surface area contributed by atoms with Crippen LogP contribution < -0.4 is 20.7 Å². The van der Waals surface area contributed by atoms with Gasteiger partial charge in [-0.3, -0.25) is 4.79 Å². The molecule has 0 saturated carbocycles. The highest BCUT2D eigenvalue weighted by atomic mass is 127. The molecule has 0 spiro atoms. The number of guanidine groups is 1. The Balaban J connectivity index is 0.00000512. The van der Waals surface area contributed by atoms with Crippen molar-refractivity contribution in [3.8, 4) is 5.75 Å². The SMILES string of the molecule is CCNC(=NCC(=O)NCCc1ccccc1)NCC(O)c1cccc(OC(C)C)c1.I. The molecule has 176 valence electrons. The number of halogens is 1. The molecular weight excluding hydrogens is 519 g/mol. The number of nitrogens with one attached hydrogen (secondary N) is 3. The standard InChI is InChI=1S/C24H34N4O3.HI/c1-4-25-24(28-17-23(30)26-14-13-19-9-6-5-7-10-19)27-16-22(29)20-11-8-12-21(15-20)31-18(2)3;/h5-12,15,18,22,29H,4,13-14,16-17H2,1-3H3,(H,26,30)(H2,25,27,28);1H. The quantitative estimate of drug-likeness (QED) is 0.195. The van der Waals surface area contributed by atoms with Crippen LogP contribution in [0.4, 0.5) is 0 Å². The van der Waals surface area contributed by atoms with E-state index in [1.165, 1.54) is 5.56 Å².